The maximum atomic E-state index is 11.9. The van der Waals surface area contributed by atoms with Crippen LogP contribution < -0.4 is 5.43 Å². The van der Waals surface area contributed by atoms with Gasteiger partial charge in [-0.05, 0) is 13.0 Å². The number of esters is 1. The van der Waals surface area contributed by atoms with E-state index in [1.807, 2.05) is 24.3 Å². The molecule has 0 saturated heterocycles. The second-order valence-electron chi connectivity index (χ2n) is 3.72. The molecule has 0 atom stereocenters. The zero-order valence-electron chi connectivity index (χ0n) is 10.2. The summed E-state index contributed by atoms with van der Waals surface area (Å²) in [6, 6.07) is 8.63. The minimum atomic E-state index is -0.671. The SMILES string of the molecule is CCOC(=O)c1coc(-c2ccccc2Br)cc1=O. The second-order valence-corrected chi connectivity index (χ2v) is 4.58. The molecule has 0 saturated carbocycles. The molecular weight excluding hydrogens is 312 g/mol. The Hall–Kier alpha value is -1.88. The topological polar surface area (TPSA) is 56.5 Å². The number of benzene rings is 1. The summed E-state index contributed by atoms with van der Waals surface area (Å²) in [7, 11) is 0. The summed E-state index contributed by atoms with van der Waals surface area (Å²) in [4.78, 5) is 23.4. The van der Waals surface area contributed by atoms with Gasteiger partial charge in [-0.2, -0.15) is 0 Å². The third kappa shape index (κ3) is 2.93. The molecule has 98 valence electrons. The molecule has 0 aliphatic heterocycles. The molecule has 0 aliphatic carbocycles. The first kappa shape index (κ1) is 13.5. The first-order chi connectivity index (χ1) is 9.13. The molecule has 4 nitrogen and oxygen atoms in total. The van der Waals surface area contributed by atoms with Gasteiger partial charge in [-0.1, -0.05) is 34.1 Å². The van der Waals surface area contributed by atoms with Crippen LogP contribution >= 0.6 is 15.9 Å². The molecule has 1 heterocycles. The van der Waals surface area contributed by atoms with Gasteiger partial charge < -0.3 is 9.15 Å². The quantitative estimate of drug-likeness (QED) is 0.814. The molecule has 0 aliphatic rings. The van der Waals surface area contributed by atoms with Crippen molar-refractivity contribution in [2.24, 2.45) is 0 Å². The Labute approximate surface area is 118 Å². The summed E-state index contributed by atoms with van der Waals surface area (Å²) in [5.74, 6) is -0.277. The number of rotatable bonds is 3. The molecule has 0 amide bonds. The van der Waals surface area contributed by atoms with Gasteiger partial charge in [0, 0.05) is 16.1 Å². The standard InChI is InChI=1S/C14H11BrO4/c1-2-18-14(17)10-8-19-13(7-12(10)16)9-5-3-4-6-11(9)15/h3-8H,2H2,1H3. The van der Waals surface area contributed by atoms with E-state index in [2.05, 4.69) is 15.9 Å². The zero-order valence-corrected chi connectivity index (χ0v) is 11.8. The lowest BCUT2D eigenvalue weighted by Crippen LogP contribution is -2.16. The highest BCUT2D eigenvalue weighted by Crippen LogP contribution is 2.26. The highest BCUT2D eigenvalue weighted by molar-refractivity contribution is 9.10. The van der Waals surface area contributed by atoms with E-state index in [1.165, 1.54) is 6.07 Å². The Kier molecular flexibility index (Phi) is 4.16. The Morgan fingerprint density at radius 3 is 2.74 bits per heavy atom. The number of carbonyl (C=O) groups excluding carboxylic acids is 1. The average Bonchev–Trinajstić information content (AvgIpc) is 2.39. The Morgan fingerprint density at radius 1 is 1.37 bits per heavy atom. The van der Waals surface area contributed by atoms with Crippen LogP contribution in [-0.2, 0) is 4.74 Å². The fourth-order valence-electron chi connectivity index (χ4n) is 1.57. The van der Waals surface area contributed by atoms with E-state index in [1.54, 1.807) is 6.92 Å². The van der Waals surface area contributed by atoms with E-state index in [0.717, 1.165) is 16.3 Å². The molecule has 0 N–H and O–H groups in total. The van der Waals surface area contributed by atoms with E-state index in [9.17, 15) is 9.59 Å². The van der Waals surface area contributed by atoms with Gasteiger partial charge in [0.2, 0.25) is 0 Å². The van der Waals surface area contributed by atoms with Gasteiger partial charge in [-0.3, -0.25) is 4.79 Å². The number of hydrogen-bond acceptors (Lipinski definition) is 4. The van der Waals surface area contributed by atoms with Gasteiger partial charge in [-0.15, -0.1) is 0 Å². The normalized spacial score (nSPS) is 10.2. The van der Waals surface area contributed by atoms with Crippen LogP contribution in [0, 0.1) is 0 Å². The van der Waals surface area contributed by atoms with Crippen molar-refractivity contribution in [2.75, 3.05) is 6.61 Å². The van der Waals surface area contributed by atoms with Crippen LogP contribution in [0.4, 0.5) is 0 Å². The highest BCUT2D eigenvalue weighted by atomic mass is 79.9. The smallest absolute Gasteiger partial charge is 0.345 e. The van der Waals surface area contributed by atoms with Gasteiger partial charge in [0.1, 0.15) is 17.6 Å². The van der Waals surface area contributed by atoms with E-state index in [4.69, 9.17) is 9.15 Å². The first-order valence-corrected chi connectivity index (χ1v) is 6.47. The molecule has 0 spiro atoms. The predicted octanol–water partition coefficient (Wildman–Crippen LogP) is 3.25. The number of ether oxygens (including phenoxy) is 1. The van der Waals surface area contributed by atoms with Gasteiger partial charge in [0.15, 0.2) is 5.43 Å². The van der Waals surface area contributed by atoms with E-state index >= 15 is 0 Å². The third-order valence-electron chi connectivity index (χ3n) is 2.47. The number of carbonyl (C=O) groups is 1. The molecule has 1 aromatic carbocycles. The largest absolute Gasteiger partial charge is 0.463 e. The Morgan fingerprint density at radius 2 is 2.11 bits per heavy atom. The molecular formula is C14H11BrO4. The van der Waals surface area contributed by atoms with E-state index in [-0.39, 0.29) is 12.2 Å². The fraction of sp³-hybridized carbons (Fsp3) is 0.143. The summed E-state index contributed by atoms with van der Waals surface area (Å²) in [6.07, 6.45) is 1.13. The fourth-order valence-corrected chi connectivity index (χ4v) is 2.05. The van der Waals surface area contributed by atoms with Gasteiger partial charge in [-0.25, -0.2) is 4.79 Å². The Bertz CT molecular complexity index is 660. The molecule has 19 heavy (non-hydrogen) atoms. The number of halogens is 1. The van der Waals surface area contributed by atoms with Crippen molar-refractivity contribution in [1.29, 1.82) is 0 Å². The summed E-state index contributed by atoms with van der Waals surface area (Å²) >= 11 is 3.38. The minimum Gasteiger partial charge on any atom is -0.463 e. The van der Waals surface area contributed by atoms with Crippen molar-refractivity contribution >= 4 is 21.9 Å². The summed E-state index contributed by atoms with van der Waals surface area (Å²) < 4.78 is 10.9. The van der Waals surface area contributed by atoms with Crippen molar-refractivity contribution in [2.45, 2.75) is 6.92 Å². The van der Waals surface area contributed by atoms with E-state index in [0.29, 0.717) is 5.76 Å². The van der Waals surface area contributed by atoms with Crippen molar-refractivity contribution in [3.8, 4) is 11.3 Å². The van der Waals surface area contributed by atoms with Gasteiger partial charge in [0.25, 0.3) is 0 Å². The maximum Gasteiger partial charge on any atom is 0.345 e. The van der Waals surface area contributed by atoms with Crippen molar-refractivity contribution in [3.05, 3.63) is 56.9 Å². The lowest BCUT2D eigenvalue weighted by atomic mass is 10.1. The molecule has 0 bridgehead atoms. The molecule has 2 aromatic rings. The third-order valence-corrected chi connectivity index (χ3v) is 3.16. The van der Waals surface area contributed by atoms with Crippen molar-refractivity contribution in [3.63, 3.8) is 0 Å². The van der Waals surface area contributed by atoms with Crippen molar-refractivity contribution < 1.29 is 13.9 Å². The molecule has 5 heteroatoms. The van der Waals surface area contributed by atoms with Crippen LogP contribution in [-0.4, -0.2) is 12.6 Å². The van der Waals surface area contributed by atoms with Crippen LogP contribution in [0.5, 0.6) is 0 Å². The lowest BCUT2D eigenvalue weighted by molar-refractivity contribution is 0.0522. The van der Waals surface area contributed by atoms with Crippen LogP contribution in [0.2, 0.25) is 0 Å². The molecule has 0 unspecified atom stereocenters. The van der Waals surface area contributed by atoms with Crippen molar-refractivity contribution in [1.82, 2.24) is 0 Å². The lowest BCUT2D eigenvalue weighted by Gasteiger charge is -2.04. The molecule has 1 aromatic heterocycles. The molecule has 0 fully saturated rings. The first-order valence-electron chi connectivity index (χ1n) is 5.68. The van der Waals surface area contributed by atoms with Gasteiger partial charge in [0.05, 0.1) is 6.61 Å². The highest BCUT2D eigenvalue weighted by Gasteiger charge is 2.14. The summed E-state index contributed by atoms with van der Waals surface area (Å²) in [6.45, 7) is 1.89. The number of hydrogen-bond donors (Lipinski definition) is 0. The summed E-state index contributed by atoms with van der Waals surface area (Å²) in [5.41, 5.74) is 0.225. The maximum absolute atomic E-state index is 11.9. The monoisotopic (exact) mass is 322 g/mol. The summed E-state index contributed by atoms with van der Waals surface area (Å²) in [5, 5.41) is 0. The van der Waals surface area contributed by atoms with Crippen LogP contribution in [0.1, 0.15) is 17.3 Å². The van der Waals surface area contributed by atoms with E-state index < -0.39 is 11.4 Å². The molecule has 2 rings (SSSR count). The second kappa shape index (κ2) is 5.84. The molecule has 0 radical (unpaired) electrons. The van der Waals surface area contributed by atoms with Crippen LogP contribution in [0.15, 0.2) is 50.3 Å². The minimum absolute atomic E-state index is 0.0994. The zero-order chi connectivity index (χ0) is 13.8. The Balaban J connectivity index is 2.43. The van der Waals surface area contributed by atoms with Crippen LogP contribution in [0.3, 0.4) is 0 Å². The average molecular weight is 323 g/mol. The van der Waals surface area contributed by atoms with Gasteiger partial charge >= 0.3 is 5.97 Å². The predicted molar refractivity (Wildman–Crippen MR) is 74.1 cm³/mol. The van der Waals surface area contributed by atoms with Crippen LogP contribution in [0.25, 0.3) is 11.3 Å².